The van der Waals surface area contributed by atoms with Crippen LogP contribution in [-0.4, -0.2) is 63.3 Å². The number of rotatable bonds is 5. The first-order valence-corrected chi connectivity index (χ1v) is 10.4. The molecule has 1 aromatic carbocycles. The van der Waals surface area contributed by atoms with Crippen molar-refractivity contribution in [3.05, 3.63) is 48.0 Å². The van der Waals surface area contributed by atoms with Crippen LogP contribution in [0.2, 0.25) is 0 Å². The standard InChI is InChI=1S/C22H32N4O/c1-18-4-2-5-20(14-18)26-13-9-23-22(26)16-24-10-3-6-21(15-24)25-11-7-19(17-27)8-12-25/h2,4-5,9,13-14,19,21,27H,3,6-8,10-12,15-17H2,1H3/t21-/m1/s1. The lowest BCUT2D eigenvalue weighted by atomic mass is 9.94. The maximum absolute atomic E-state index is 9.37. The van der Waals surface area contributed by atoms with E-state index in [-0.39, 0.29) is 0 Å². The molecule has 1 aromatic heterocycles. The molecule has 2 aliphatic rings. The third kappa shape index (κ3) is 4.42. The van der Waals surface area contributed by atoms with Gasteiger partial charge in [0.1, 0.15) is 5.82 Å². The van der Waals surface area contributed by atoms with Gasteiger partial charge in [0.05, 0.1) is 6.54 Å². The molecule has 0 saturated carbocycles. The van der Waals surface area contributed by atoms with E-state index in [1.54, 1.807) is 0 Å². The van der Waals surface area contributed by atoms with Gasteiger partial charge in [-0.3, -0.25) is 9.80 Å². The van der Waals surface area contributed by atoms with E-state index in [0.717, 1.165) is 51.4 Å². The molecule has 0 aliphatic carbocycles. The summed E-state index contributed by atoms with van der Waals surface area (Å²) in [5.41, 5.74) is 2.47. The summed E-state index contributed by atoms with van der Waals surface area (Å²) in [4.78, 5) is 9.88. The van der Waals surface area contributed by atoms with Crippen LogP contribution in [-0.2, 0) is 6.54 Å². The molecule has 0 amide bonds. The number of piperidine rings is 2. The van der Waals surface area contributed by atoms with Crippen molar-refractivity contribution in [2.24, 2.45) is 5.92 Å². The summed E-state index contributed by atoms with van der Waals surface area (Å²) in [7, 11) is 0. The molecule has 3 heterocycles. The van der Waals surface area contributed by atoms with Gasteiger partial charge in [0, 0.05) is 37.3 Å². The van der Waals surface area contributed by atoms with Gasteiger partial charge in [0.15, 0.2) is 0 Å². The second-order valence-corrected chi connectivity index (χ2v) is 8.25. The van der Waals surface area contributed by atoms with E-state index in [1.165, 1.54) is 24.1 Å². The Hall–Kier alpha value is -1.69. The molecular formula is C22H32N4O. The van der Waals surface area contributed by atoms with Crippen molar-refractivity contribution in [2.45, 2.75) is 45.2 Å². The molecule has 2 saturated heterocycles. The number of hydrogen-bond acceptors (Lipinski definition) is 4. The van der Waals surface area contributed by atoms with Gasteiger partial charge in [-0.05, 0) is 75.9 Å². The second kappa shape index (κ2) is 8.55. The zero-order valence-corrected chi connectivity index (χ0v) is 16.4. The summed E-state index contributed by atoms with van der Waals surface area (Å²) in [6.45, 7) is 7.96. The highest BCUT2D eigenvalue weighted by atomic mass is 16.3. The smallest absolute Gasteiger partial charge is 0.127 e. The number of aliphatic hydroxyl groups is 1. The molecule has 4 rings (SSSR count). The maximum atomic E-state index is 9.37. The van der Waals surface area contributed by atoms with Crippen molar-refractivity contribution in [3.63, 3.8) is 0 Å². The topological polar surface area (TPSA) is 44.5 Å². The van der Waals surface area contributed by atoms with E-state index >= 15 is 0 Å². The predicted molar refractivity (Wildman–Crippen MR) is 108 cm³/mol. The molecule has 2 aliphatic heterocycles. The monoisotopic (exact) mass is 368 g/mol. The molecule has 2 aromatic rings. The van der Waals surface area contributed by atoms with Crippen LogP contribution in [0.5, 0.6) is 0 Å². The third-order valence-electron chi connectivity index (χ3n) is 6.27. The van der Waals surface area contributed by atoms with Gasteiger partial charge >= 0.3 is 0 Å². The van der Waals surface area contributed by atoms with Crippen molar-refractivity contribution in [3.8, 4) is 5.69 Å². The fourth-order valence-corrected chi connectivity index (χ4v) is 4.64. The number of likely N-dealkylation sites (tertiary alicyclic amines) is 2. The first-order chi connectivity index (χ1) is 13.2. The Kier molecular flexibility index (Phi) is 5.91. The molecule has 0 bridgehead atoms. The Balaban J connectivity index is 1.40. The minimum Gasteiger partial charge on any atom is -0.396 e. The summed E-state index contributed by atoms with van der Waals surface area (Å²) < 4.78 is 2.23. The minimum atomic E-state index is 0.353. The number of hydrogen-bond donors (Lipinski definition) is 1. The third-order valence-corrected chi connectivity index (χ3v) is 6.27. The number of aromatic nitrogens is 2. The van der Waals surface area contributed by atoms with Crippen LogP contribution in [0.15, 0.2) is 36.7 Å². The maximum Gasteiger partial charge on any atom is 0.127 e. The lowest BCUT2D eigenvalue weighted by Gasteiger charge is -2.42. The second-order valence-electron chi connectivity index (χ2n) is 8.25. The molecule has 5 nitrogen and oxygen atoms in total. The van der Waals surface area contributed by atoms with Crippen LogP contribution in [0, 0.1) is 12.8 Å². The molecule has 27 heavy (non-hydrogen) atoms. The number of aliphatic hydroxyl groups excluding tert-OH is 1. The van der Waals surface area contributed by atoms with Crippen LogP contribution < -0.4 is 0 Å². The highest BCUT2D eigenvalue weighted by molar-refractivity contribution is 5.36. The van der Waals surface area contributed by atoms with Gasteiger partial charge in [-0.1, -0.05) is 12.1 Å². The fraction of sp³-hybridized carbons (Fsp3) is 0.591. The Morgan fingerprint density at radius 1 is 1.15 bits per heavy atom. The number of aryl methyl sites for hydroxylation is 1. The summed E-state index contributed by atoms with van der Waals surface area (Å²) in [6, 6.07) is 9.27. The summed E-state index contributed by atoms with van der Waals surface area (Å²) in [5, 5.41) is 9.37. The largest absolute Gasteiger partial charge is 0.396 e. The van der Waals surface area contributed by atoms with Crippen LogP contribution in [0.1, 0.15) is 37.1 Å². The van der Waals surface area contributed by atoms with Gasteiger partial charge in [0.25, 0.3) is 0 Å². The number of imidazole rings is 1. The minimum absolute atomic E-state index is 0.353. The fourth-order valence-electron chi connectivity index (χ4n) is 4.64. The van der Waals surface area contributed by atoms with Crippen molar-refractivity contribution < 1.29 is 5.11 Å². The molecule has 1 atom stereocenters. The summed E-state index contributed by atoms with van der Waals surface area (Å²) in [6.07, 6.45) is 8.84. The van der Waals surface area contributed by atoms with Crippen molar-refractivity contribution in [1.29, 1.82) is 0 Å². The Morgan fingerprint density at radius 3 is 2.78 bits per heavy atom. The molecule has 146 valence electrons. The highest BCUT2D eigenvalue weighted by Gasteiger charge is 2.29. The zero-order chi connectivity index (χ0) is 18.6. The van der Waals surface area contributed by atoms with Crippen LogP contribution in [0.4, 0.5) is 0 Å². The molecule has 0 spiro atoms. The van der Waals surface area contributed by atoms with E-state index in [1.807, 2.05) is 6.20 Å². The molecule has 5 heteroatoms. The molecule has 1 N–H and O–H groups in total. The van der Waals surface area contributed by atoms with Crippen molar-refractivity contribution >= 4 is 0 Å². The Labute approximate surface area is 162 Å². The summed E-state index contributed by atoms with van der Waals surface area (Å²) >= 11 is 0. The van der Waals surface area contributed by atoms with Crippen LogP contribution in [0.3, 0.4) is 0 Å². The molecule has 0 radical (unpaired) electrons. The first-order valence-electron chi connectivity index (χ1n) is 10.4. The average molecular weight is 369 g/mol. The highest BCUT2D eigenvalue weighted by Crippen LogP contribution is 2.24. The van der Waals surface area contributed by atoms with Gasteiger partial charge in [0.2, 0.25) is 0 Å². The summed E-state index contributed by atoms with van der Waals surface area (Å²) in [5.74, 6) is 1.64. The van der Waals surface area contributed by atoms with E-state index in [9.17, 15) is 5.11 Å². The van der Waals surface area contributed by atoms with Crippen molar-refractivity contribution in [1.82, 2.24) is 19.4 Å². The van der Waals surface area contributed by atoms with Gasteiger partial charge in [-0.2, -0.15) is 0 Å². The van der Waals surface area contributed by atoms with E-state index in [2.05, 4.69) is 56.7 Å². The predicted octanol–water partition coefficient (Wildman–Crippen LogP) is 2.85. The van der Waals surface area contributed by atoms with Crippen molar-refractivity contribution in [2.75, 3.05) is 32.8 Å². The average Bonchev–Trinajstić information content (AvgIpc) is 3.16. The van der Waals surface area contributed by atoms with Crippen LogP contribution in [0.25, 0.3) is 5.69 Å². The Bertz CT molecular complexity index is 735. The lowest BCUT2D eigenvalue weighted by Crippen LogP contribution is -2.50. The number of benzene rings is 1. The van der Waals surface area contributed by atoms with Gasteiger partial charge < -0.3 is 9.67 Å². The zero-order valence-electron chi connectivity index (χ0n) is 16.4. The lowest BCUT2D eigenvalue weighted by molar-refractivity contribution is 0.0535. The van der Waals surface area contributed by atoms with Gasteiger partial charge in [-0.25, -0.2) is 4.98 Å². The van der Waals surface area contributed by atoms with Gasteiger partial charge in [-0.15, -0.1) is 0 Å². The molecule has 2 fully saturated rings. The SMILES string of the molecule is Cc1cccc(-n2ccnc2CN2CCC[C@@H](N3CCC(CO)CC3)C2)c1. The first kappa shape index (κ1) is 18.7. The normalized spacial score (nSPS) is 23.0. The molecular weight excluding hydrogens is 336 g/mol. The molecule has 0 unspecified atom stereocenters. The van der Waals surface area contributed by atoms with E-state index in [4.69, 9.17) is 0 Å². The quantitative estimate of drug-likeness (QED) is 0.881. The van der Waals surface area contributed by atoms with E-state index in [0.29, 0.717) is 18.6 Å². The van der Waals surface area contributed by atoms with E-state index < -0.39 is 0 Å². The van der Waals surface area contributed by atoms with Crippen LogP contribution >= 0.6 is 0 Å². The number of nitrogens with zero attached hydrogens (tertiary/aromatic N) is 4. The Morgan fingerprint density at radius 2 is 2.00 bits per heavy atom.